The zero-order valence-corrected chi connectivity index (χ0v) is 15.5. The van der Waals surface area contributed by atoms with Gasteiger partial charge >= 0.3 is 6.03 Å². The van der Waals surface area contributed by atoms with E-state index >= 15 is 0 Å². The van der Waals surface area contributed by atoms with E-state index in [4.69, 9.17) is 0 Å². The highest BCUT2D eigenvalue weighted by Gasteiger charge is 2.11. The maximum absolute atomic E-state index is 11.9. The van der Waals surface area contributed by atoms with Gasteiger partial charge in [-0.15, -0.1) is 5.10 Å². The van der Waals surface area contributed by atoms with Crippen LogP contribution in [-0.4, -0.2) is 32.9 Å². The summed E-state index contributed by atoms with van der Waals surface area (Å²) in [6, 6.07) is 16.8. The number of carbonyl (C=O) groups excluding carboxylic acids is 2. The molecule has 1 heterocycles. The molecule has 27 heavy (non-hydrogen) atoms. The van der Waals surface area contributed by atoms with Gasteiger partial charge in [0, 0.05) is 12.1 Å². The monoisotopic (exact) mass is 381 g/mol. The highest BCUT2D eigenvalue weighted by atomic mass is 32.2. The highest BCUT2D eigenvalue weighted by molar-refractivity contribution is 7.99. The molecule has 0 saturated carbocycles. The van der Waals surface area contributed by atoms with E-state index in [9.17, 15) is 9.59 Å². The third kappa shape index (κ3) is 5.68. The minimum absolute atomic E-state index is 0.0456. The molecule has 0 atom stereocenters. The second-order valence-corrected chi connectivity index (χ2v) is 6.78. The van der Waals surface area contributed by atoms with Crippen molar-refractivity contribution in [2.45, 2.75) is 18.6 Å². The number of nitrogens with zero attached hydrogens (tertiary/aromatic N) is 2. The lowest BCUT2D eigenvalue weighted by atomic mass is 10.1. The number of aromatic amines is 1. The van der Waals surface area contributed by atoms with Crippen molar-refractivity contribution in [2.75, 3.05) is 5.75 Å². The molecule has 0 fully saturated rings. The van der Waals surface area contributed by atoms with Crippen LogP contribution in [0.3, 0.4) is 0 Å². The number of nitrogens with one attached hydrogen (secondary N) is 3. The van der Waals surface area contributed by atoms with Crippen LogP contribution in [0.1, 0.15) is 11.1 Å². The van der Waals surface area contributed by atoms with Crippen LogP contribution < -0.4 is 10.6 Å². The summed E-state index contributed by atoms with van der Waals surface area (Å²) in [5, 5.41) is 12.3. The van der Waals surface area contributed by atoms with Crippen molar-refractivity contribution < 1.29 is 9.59 Å². The van der Waals surface area contributed by atoms with Gasteiger partial charge in [-0.3, -0.25) is 15.2 Å². The summed E-state index contributed by atoms with van der Waals surface area (Å²) in [6.45, 7) is 2.37. The van der Waals surface area contributed by atoms with Crippen LogP contribution in [0, 0.1) is 6.92 Å². The molecule has 0 aliphatic rings. The Morgan fingerprint density at radius 3 is 2.56 bits per heavy atom. The second kappa shape index (κ2) is 9.00. The Bertz CT molecular complexity index is 909. The van der Waals surface area contributed by atoms with Crippen molar-refractivity contribution >= 4 is 23.7 Å². The summed E-state index contributed by atoms with van der Waals surface area (Å²) in [6.07, 6.45) is 0. The second-order valence-electron chi connectivity index (χ2n) is 5.84. The first-order valence-electron chi connectivity index (χ1n) is 8.34. The van der Waals surface area contributed by atoms with Gasteiger partial charge in [0.2, 0.25) is 11.1 Å². The van der Waals surface area contributed by atoms with Crippen LogP contribution >= 0.6 is 11.8 Å². The fraction of sp³-hybridized carbons (Fsp3) is 0.158. The number of H-pyrrole nitrogens is 1. The molecule has 2 aromatic carbocycles. The molecular weight excluding hydrogens is 362 g/mol. The van der Waals surface area contributed by atoms with E-state index in [-0.39, 0.29) is 5.75 Å². The van der Waals surface area contributed by atoms with Crippen molar-refractivity contribution in [2.24, 2.45) is 0 Å². The first-order chi connectivity index (χ1) is 13.1. The van der Waals surface area contributed by atoms with Gasteiger partial charge < -0.3 is 5.32 Å². The Morgan fingerprint density at radius 1 is 1.07 bits per heavy atom. The molecule has 138 valence electrons. The Kier molecular flexibility index (Phi) is 6.22. The van der Waals surface area contributed by atoms with Crippen molar-refractivity contribution in [3.63, 3.8) is 0 Å². The number of hydrogen-bond donors (Lipinski definition) is 3. The minimum atomic E-state index is -0.528. The van der Waals surface area contributed by atoms with Crippen molar-refractivity contribution in [1.29, 1.82) is 0 Å². The quantitative estimate of drug-likeness (QED) is 0.570. The number of urea groups is 1. The molecule has 3 N–H and O–H groups in total. The summed E-state index contributed by atoms with van der Waals surface area (Å²) < 4.78 is 0. The van der Waals surface area contributed by atoms with E-state index in [0.717, 1.165) is 28.5 Å². The van der Waals surface area contributed by atoms with E-state index in [1.54, 1.807) is 0 Å². The average molecular weight is 381 g/mol. The van der Waals surface area contributed by atoms with E-state index < -0.39 is 11.9 Å². The molecule has 3 aromatic rings. The maximum Gasteiger partial charge on any atom is 0.321 e. The first kappa shape index (κ1) is 18.7. The predicted molar refractivity (Wildman–Crippen MR) is 104 cm³/mol. The molecule has 0 bridgehead atoms. The van der Waals surface area contributed by atoms with E-state index in [2.05, 4.69) is 25.8 Å². The van der Waals surface area contributed by atoms with Gasteiger partial charge in [-0.25, -0.2) is 9.78 Å². The van der Waals surface area contributed by atoms with E-state index in [0.29, 0.717) is 17.5 Å². The molecule has 0 spiro atoms. The van der Waals surface area contributed by atoms with Crippen LogP contribution in [0.2, 0.25) is 0 Å². The number of benzene rings is 2. The van der Waals surface area contributed by atoms with E-state index in [1.807, 2.05) is 61.5 Å². The number of carbonyl (C=O) groups is 2. The zero-order chi connectivity index (χ0) is 19.1. The number of aryl methyl sites for hydroxylation is 1. The Balaban J connectivity index is 1.44. The van der Waals surface area contributed by atoms with Crippen LogP contribution in [0.5, 0.6) is 0 Å². The van der Waals surface area contributed by atoms with E-state index in [1.165, 1.54) is 0 Å². The summed E-state index contributed by atoms with van der Waals surface area (Å²) >= 11 is 1.16. The van der Waals surface area contributed by atoms with Crippen LogP contribution in [0.15, 0.2) is 59.8 Å². The average Bonchev–Trinajstić information content (AvgIpc) is 3.15. The molecular formula is C19H19N5O2S. The highest BCUT2D eigenvalue weighted by Crippen LogP contribution is 2.19. The van der Waals surface area contributed by atoms with Gasteiger partial charge in [0.15, 0.2) is 5.82 Å². The number of imide groups is 1. The number of thioether (sulfide) groups is 1. The molecule has 0 aliphatic carbocycles. The van der Waals surface area contributed by atoms with Crippen molar-refractivity contribution in [1.82, 2.24) is 25.8 Å². The topological polar surface area (TPSA) is 99.8 Å². The SMILES string of the molecule is Cc1ccc(-c2nc(SCC(=O)NC(=O)NCc3ccccc3)n[nH]2)cc1. The lowest BCUT2D eigenvalue weighted by Crippen LogP contribution is -2.39. The van der Waals surface area contributed by atoms with Gasteiger partial charge in [-0.05, 0) is 12.5 Å². The number of amides is 3. The van der Waals surface area contributed by atoms with Crippen molar-refractivity contribution in [3.05, 3.63) is 65.7 Å². The van der Waals surface area contributed by atoms with Gasteiger partial charge in [-0.1, -0.05) is 71.9 Å². The molecule has 0 radical (unpaired) electrons. The number of rotatable bonds is 6. The molecule has 1 aromatic heterocycles. The lowest BCUT2D eigenvalue weighted by Gasteiger charge is -2.06. The number of aromatic nitrogens is 3. The standard InChI is InChI=1S/C19H19N5O2S/c1-13-7-9-15(10-8-13)17-22-19(24-23-17)27-12-16(25)21-18(26)20-11-14-5-3-2-4-6-14/h2-10H,11-12H2,1H3,(H,22,23,24)(H2,20,21,25,26). The molecule has 0 saturated heterocycles. The predicted octanol–water partition coefficient (Wildman–Crippen LogP) is 2.90. The summed E-state index contributed by atoms with van der Waals surface area (Å²) in [4.78, 5) is 28.0. The smallest absolute Gasteiger partial charge is 0.321 e. The van der Waals surface area contributed by atoms with Gasteiger partial charge in [-0.2, -0.15) is 0 Å². The normalized spacial score (nSPS) is 10.4. The molecule has 7 nitrogen and oxygen atoms in total. The number of hydrogen-bond acceptors (Lipinski definition) is 5. The third-order valence-corrected chi connectivity index (χ3v) is 4.52. The fourth-order valence-electron chi connectivity index (χ4n) is 2.27. The summed E-state index contributed by atoms with van der Waals surface area (Å²) in [5.74, 6) is 0.273. The molecule has 3 rings (SSSR count). The molecule has 3 amide bonds. The van der Waals surface area contributed by atoms with Gasteiger partial charge in [0.05, 0.1) is 5.75 Å². The van der Waals surface area contributed by atoms with Crippen LogP contribution in [-0.2, 0) is 11.3 Å². The Labute approximate surface area is 161 Å². The molecule has 8 heteroatoms. The zero-order valence-electron chi connectivity index (χ0n) is 14.7. The van der Waals surface area contributed by atoms with Gasteiger partial charge in [0.1, 0.15) is 0 Å². The summed E-state index contributed by atoms with van der Waals surface area (Å²) in [5.41, 5.74) is 3.04. The fourth-order valence-corrected chi connectivity index (χ4v) is 2.87. The molecule has 0 aliphatic heterocycles. The lowest BCUT2D eigenvalue weighted by molar-refractivity contribution is -0.117. The summed E-state index contributed by atoms with van der Waals surface area (Å²) in [7, 11) is 0. The van der Waals surface area contributed by atoms with Crippen molar-refractivity contribution in [3.8, 4) is 11.4 Å². The minimum Gasteiger partial charge on any atom is -0.334 e. The Hall–Kier alpha value is -3.13. The molecule has 0 unspecified atom stereocenters. The van der Waals surface area contributed by atoms with Crippen LogP contribution in [0.25, 0.3) is 11.4 Å². The Morgan fingerprint density at radius 2 is 1.81 bits per heavy atom. The largest absolute Gasteiger partial charge is 0.334 e. The third-order valence-electron chi connectivity index (χ3n) is 3.67. The maximum atomic E-state index is 11.9. The first-order valence-corrected chi connectivity index (χ1v) is 9.32. The van der Waals surface area contributed by atoms with Gasteiger partial charge in [0.25, 0.3) is 0 Å². The van der Waals surface area contributed by atoms with Crippen LogP contribution in [0.4, 0.5) is 4.79 Å².